The SMILES string of the molecule is COC(=O)c1ccc(-n2ccccc2=O)cc1. The molecule has 2 rings (SSSR count). The summed E-state index contributed by atoms with van der Waals surface area (Å²) in [6.07, 6.45) is 1.68. The van der Waals surface area contributed by atoms with Crippen LogP contribution in [0.5, 0.6) is 0 Å². The van der Waals surface area contributed by atoms with E-state index in [1.54, 1.807) is 42.6 Å². The van der Waals surface area contributed by atoms with E-state index in [-0.39, 0.29) is 5.56 Å². The molecule has 4 nitrogen and oxygen atoms in total. The Kier molecular flexibility index (Phi) is 3.05. The van der Waals surface area contributed by atoms with Crippen molar-refractivity contribution < 1.29 is 9.53 Å². The zero-order valence-electron chi connectivity index (χ0n) is 9.29. The van der Waals surface area contributed by atoms with Gasteiger partial charge in [0.2, 0.25) is 0 Å². The fourth-order valence-corrected chi connectivity index (χ4v) is 1.52. The van der Waals surface area contributed by atoms with E-state index in [1.807, 2.05) is 0 Å². The predicted octanol–water partition coefficient (Wildman–Crippen LogP) is 1.62. The molecule has 0 saturated heterocycles. The molecule has 4 heteroatoms. The van der Waals surface area contributed by atoms with Crippen LogP contribution in [-0.4, -0.2) is 17.6 Å². The third-order valence-electron chi connectivity index (χ3n) is 2.39. The molecule has 0 spiro atoms. The lowest BCUT2D eigenvalue weighted by Crippen LogP contribution is -2.15. The van der Waals surface area contributed by atoms with Crippen LogP contribution < -0.4 is 5.56 Å². The lowest BCUT2D eigenvalue weighted by atomic mass is 10.2. The van der Waals surface area contributed by atoms with Gasteiger partial charge in [-0.1, -0.05) is 6.07 Å². The minimum Gasteiger partial charge on any atom is -0.465 e. The Morgan fingerprint density at radius 2 is 1.82 bits per heavy atom. The first-order valence-corrected chi connectivity index (χ1v) is 5.09. The number of hydrogen-bond donors (Lipinski definition) is 0. The minimum atomic E-state index is -0.392. The van der Waals surface area contributed by atoms with Gasteiger partial charge in [-0.05, 0) is 30.3 Å². The number of nitrogens with zero attached hydrogens (tertiary/aromatic N) is 1. The first-order valence-electron chi connectivity index (χ1n) is 5.09. The van der Waals surface area contributed by atoms with Gasteiger partial charge in [-0.2, -0.15) is 0 Å². The Bertz CT molecular complexity index is 584. The average molecular weight is 229 g/mol. The maximum atomic E-state index is 11.6. The first kappa shape index (κ1) is 11.1. The number of rotatable bonds is 2. The van der Waals surface area contributed by atoms with Crippen LogP contribution >= 0.6 is 0 Å². The molecule has 0 saturated carbocycles. The van der Waals surface area contributed by atoms with E-state index in [0.717, 1.165) is 0 Å². The van der Waals surface area contributed by atoms with Crippen molar-refractivity contribution in [1.82, 2.24) is 4.57 Å². The molecule has 0 atom stereocenters. The molecular formula is C13H11NO3. The third-order valence-corrected chi connectivity index (χ3v) is 2.39. The standard InChI is InChI=1S/C13H11NO3/c1-17-13(16)10-5-7-11(8-6-10)14-9-3-2-4-12(14)15/h2-9H,1H3. The highest BCUT2D eigenvalue weighted by Gasteiger charge is 2.05. The van der Waals surface area contributed by atoms with Gasteiger partial charge in [-0.25, -0.2) is 4.79 Å². The monoisotopic (exact) mass is 229 g/mol. The summed E-state index contributed by atoms with van der Waals surface area (Å²) in [6, 6.07) is 11.6. The summed E-state index contributed by atoms with van der Waals surface area (Å²) in [7, 11) is 1.33. The number of carbonyl (C=O) groups excluding carboxylic acids is 1. The zero-order valence-corrected chi connectivity index (χ0v) is 9.29. The lowest BCUT2D eigenvalue weighted by Gasteiger charge is -2.05. The number of aromatic nitrogens is 1. The van der Waals surface area contributed by atoms with Crippen LogP contribution in [0.1, 0.15) is 10.4 Å². The molecule has 0 radical (unpaired) electrons. The van der Waals surface area contributed by atoms with Crippen LogP contribution in [-0.2, 0) is 4.74 Å². The summed E-state index contributed by atoms with van der Waals surface area (Å²) >= 11 is 0. The molecule has 2 aromatic rings. The molecule has 0 aliphatic carbocycles. The van der Waals surface area contributed by atoms with E-state index < -0.39 is 5.97 Å². The summed E-state index contributed by atoms with van der Waals surface area (Å²) in [4.78, 5) is 22.8. The zero-order chi connectivity index (χ0) is 12.3. The molecule has 0 aliphatic heterocycles. The van der Waals surface area contributed by atoms with Gasteiger partial charge in [0.1, 0.15) is 0 Å². The summed E-state index contributed by atoms with van der Waals surface area (Å²) in [5.74, 6) is -0.392. The first-order chi connectivity index (χ1) is 8.22. The van der Waals surface area contributed by atoms with Crippen molar-refractivity contribution in [2.24, 2.45) is 0 Å². The van der Waals surface area contributed by atoms with Gasteiger partial charge in [-0.3, -0.25) is 9.36 Å². The quantitative estimate of drug-likeness (QED) is 0.735. The molecule has 0 unspecified atom stereocenters. The molecule has 0 fully saturated rings. The molecule has 0 bridgehead atoms. The van der Waals surface area contributed by atoms with Crippen LogP contribution in [0.25, 0.3) is 5.69 Å². The summed E-state index contributed by atoms with van der Waals surface area (Å²) in [6.45, 7) is 0. The molecule has 1 heterocycles. The van der Waals surface area contributed by atoms with E-state index >= 15 is 0 Å². The van der Waals surface area contributed by atoms with Crippen molar-refractivity contribution in [2.45, 2.75) is 0 Å². The largest absolute Gasteiger partial charge is 0.465 e. The molecule has 0 N–H and O–H groups in total. The van der Waals surface area contributed by atoms with Crippen molar-refractivity contribution in [3.63, 3.8) is 0 Å². The van der Waals surface area contributed by atoms with Crippen LogP contribution in [0.4, 0.5) is 0 Å². The average Bonchev–Trinajstić information content (AvgIpc) is 2.39. The highest BCUT2D eigenvalue weighted by molar-refractivity contribution is 5.89. The molecular weight excluding hydrogens is 218 g/mol. The Balaban J connectivity index is 2.40. The van der Waals surface area contributed by atoms with E-state index in [9.17, 15) is 9.59 Å². The van der Waals surface area contributed by atoms with Gasteiger partial charge in [-0.15, -0.1) is 0 Å². The topological polar surface area (TPSA) is 48.3 Å². The Hall–Kier alpha value is -2.36. The molecule has 86 valence electrons. The third kappa shape index (κ3) is 2.25. The number of methoxy groups -OCH3 is 1. The second kappa shape index (κ2) is 4.65. The second-order valence-corrected chi connectivity index (χ2v) is 3.45. The van der Waals surface area contributed by atoms with E-state index in [2.05, 4.69) is 4.74 Å². The van der Waals surface area contributed by atoms with Crippen molar-refractivity contribution >= 4 is 5.97 Å². The van der Waals surface area contributed by atoms with Gasteiger partial charge in [0, 0.05) is 18.0 Å². The number of pyridine rings is 1. The van der Waals surface area contributed by atoms with E-state index in [0.29, 0.717) is 11.3 Å². The fourth-order valence-electron chi connectivity index (χ4n) is 1.52. The second-order valence-electron chi connectivity index (χ2n) is 3.45. The predicted molar refractivity (Wildman–Crippen MR) is 63.4 cm³/mol. The smallest absolute Gasteiger partial charge is 0.337 e. The van der Waals surface area contributed by atoms with Gasteiger partial charge in [0.15, 0.2) is 0 Å². The maximum Gasteiger partial charge on any atom is 0.337 e. The highest BCUT2D eigenvalue weighted by Crippen LogP contribution is 2.08. The van der Waals surface area contributed by atoms with Crippen LogP contribution in [0.2, 0.25) is 0 Å². The van der Waals surface area contributed by atoms with E-state index in [4.69, 9.17) is 0 Å². The minimum absolute atomic E-state index is 0.113. The van der Waals surface area contributed by atoms with Crippen LogP contribution in [0.3, 0.4) is 0 Å². The number of esters is 1. The molecule has 0 aliphatic rings. The fraction of sp³-hybridized carbons (Fsp3) is 0.0769. The van der Waals surface area contributed by atoms with Crippen LogP contribution in [0.15, 0.2) is 53.5 Å². The van der Waals surface area contributed by atoms with Gasteiger partial charge in [0.25, 0.3) is 5.56 Å². The Morgan fingerprint density at radius 1 is 1.12 bits per heavy atom. The van der Waals surface area contributed by atoms with Crippen molar-refractivity contribution in [3.05, 3.63) is 64.6 Å². The lowest BCUT2D eigenvalue weighted by molar-refractivity contribution is 0.0601. The summed E-state index contributed by atoms with van der Waals surface area (Å²) in [5, 5.41) is 0. The summed E-state index contributed by atoms with van der Waals surface area (Å²) in [5.41, 5.74) is 1.06. The maximum absolute atomic E-state index is 11.6. The molecule has 17 heavy (non-hydrogen) atoms. The Morgan fingerprint density at radius 3 is 2.41 bits per heavy atom. The van der Waals surface area contributed by atoms with Crippen molar-refractivity contribution in [1.29, 1.82) is 0 Å². The van der Waals surface area contributed by atoms with Gasteiger partial charge < -0.3 is 4.74 Å². The van der Waals surface area contributed by atoms with E-state index in [1.165, 1.54) is 17.7 Å². The van der Waals surface area contributed by atoms with Gasteiger partial charge >= 0.3 is 5.97 Å². The molecule has 1 aromatic heterocycles. The number of hydrogen-bond acceptors (Lipinski definition) is 3. The summed E-state index contributed by atoms with van der Waals surface area (Å²) < 4.78 is 6.10. The number of ether oxygens (including phenoxy) is 1. The molecule has 0 amide bonds. The highest BCUT2D eigenvalue weighted by atomic mass is 16.5. The number of benzene rings is 1. The van der Waals surface area contributed by atoms with Crippen LogP contribution in [0, 0.1) is 0 Å². The Labute approximate surface area is 98.1 Å². The number of carbonyl (C=O) groups is 1. The normalized spacial score (nSPS) is 9.94. The van der Waals surface area contributed by atoms with Crippen molar-refractivity contribution in [3.8, 4) is 5.69 Å². The van der Waals surface area contributed by atoms with Crippen molar-refractivity contribution in [2.75, 3.05) is 7.11 Å². The molecule has 1 aromatic carbocycles. The van der Waals surface area contributed by atoms with Gasteiger partial charge in [0.05, 0.1) is 12.7 Å².